The zero-order chi connectivity index (χ0) is 13.5. The molecule has 0 aliphatic heterocycles. The molecule has 0 aliphatic carbocycles. The van der Waals surface area contributed by atoms with Crippen molar-refractivity contribution in [1.29, 1.82) is 0 Å². The van der Waals surface area contributed by atoms with Gasteiger partial charge < -0.3 is 15.4 Å². The Labute approximate surface area is 113 Å². The van der Waals surface area contributed by atoms with Crippen molar-refractivity contribution in [2.24, 2.45) is 5.73 Å². The van der Waals surface area contributed by atoms with Gasteiger partial charge in [0.1, 0.15) is 12.4 Å². The molecule has 2 N–H and O–H groups in total. The van der Waals surface area contributed by atoms with Gasteiger partial charge in [0.15, 0.2) is 0 Å². The first kappa shape index (κ1) is 14.8. The van der Waals surface area contributed by atoms with Crippen LogP contribution in [0.4, 0.5) is 0 Å². The Morgan fingerprint density at radius 2 is 2.28 bits per heavy atom. The van der Waals surface area contributed by atoms with Crippen LogP contribution in [-0.4, -0.2) is 37.0 Å². The van der Waals surface area contributed by atoms with E-state index < -0.39 is 6.04 Å². The summed E-state index contributed by atoms with van der Waals surface area (Å²) in [5, 5.41) is 0.630. The fraction of sp³-hybridized carbons (Fsp3) is 0.462. The van der Waals surface area contributed by atoms with Crippen molar-refractivity contribution < 1.29 is 9.53 Å². The summed E-state index contributed by atoms with van der Waals surface area (Å²) < 4.78 is 5.50. The first-order valence-corrected chi connectivity index (χ1v) is 6.31. The zero-order valence-corrected chi connectivity index (χ0v) is 11.5. The minimum Gasteiger partial charge on any atom is -0.492 e. The van der Waals surface area contributed by atoms with E-state index in [-0.39, 0.29) is 5.91 Å². The van der Waals surface area contributed by atoms with Gasteiger partial charge in [-0.1, -0.05) is 24.6 Å². The number of benzene rings is 1. The van der Waals surface area contributed by atoms with Gasteiger partial charge in [-0.3, -0.25) is 4.79 Å². The van der Waals surface area contributed by atoms with E-state index in [9.17, 15) is 4.79 Å². The maximum atomic E-state index is 11.7. The summed E-state index contributed by atoms with van der Waals surface area (Å²) in [4.78, 5) is 13.3. The summed E-state index contributed by atoms with van der Waals surface area (Å²) in [5.74, 6) is 0.635. The molecule has 0 saturated heterocycles. The number of likely N-dealkylation sites (N-methyl/N-ethyl adjacent to an activating group) is 1. The van der Waals surface area contributed by atoms with Gasteiger partial charge in [0.2, 0.25) is 5.91 Å². The van der Waals surface area contributed by atoms with E-state index in [2.05, 4.69) is 0 Å². The summed E-state index contributed by atoms with van der Waals surface area (Å²) in [5.41, 5.74) is 5.67. The van der Waals surface area contributed by atoms with Gasteiger partial charge >= 0.3 is 0 Å². The Bertz CT molecular complexity index is 398. The monoisotopic (exact) mass is 270 g/mol. The lowest BCUT2D eigenvalue weighted by atomic mass is 10.2. The molecule has 0 aromatic heterocycles. The van der Waals surface area contributed by atoms with E-state index in [1.54, 1.807) is 24.1 Å². The second-order valence-electron chi connectivity index (χ2n) is 4.08. The lowest BCUT2D eigenvalue weighted by Gasteiger charge is -2.20. The fourth-order valence-corrected chi connectivity index (χ4v) is 1.61. The van der Waals surface area contributed by atoms with Crippen LogP contribution in [0, 0.1) is 0 Å². The summed E-state index contributed by atoms with van der Waals surface area (Å²) in [7, 11) is 1.72. The number of hydrogen-bond acceptors (Lipinski definition) is 3. The number of nitrogens with two attached hydrogens (primary N) is 1. The Hall–Kier alpha value is -1.26. The molecule has 1 aromatic rings. The maximum absolute atomic E-state index is 11.7. The molecule has 1 aromatic carbocycles. The fourth-order valence-electron chi connectivity index (χ4n) is 1.43. The molecule has 4 nitrogen and oxygen atoms in total. The van der Waals surface area contributed by atoms with Crippen molar-refractivity contribution in [1.82, 2.24) is 4.90 Å². The molecule has 0 spiro atoms. The molecule has 0 saturated carbocycles. The average Bonchev–Trinajstić information content (AvgIpc) is 2.36. The van der Waals surface area contributed by atoms with Crippen LogP contribution < -0.4 is 10.5 Å². The first-order chi connectivity index (χ1) is 8.54. The number of rotatable bonds is 6. The minimum atomic E-state index is -0.429. The van der Waals surface area contributed by atoms with Gasteiger partial charge in [0, 0.05) is 12.1 Å². The van der Waals surface area contributed by atoms with Crippen LogP contribution >= 0.6 is 11.6 Å². The van der Waals surface area contributed by atoms with Crippen molar-refractivity contribution in [2.45, 2.75) is 19.4 Å². The number of carbonyl (C=O) groups is 1. The number of ether oxygens (including phenoxy) is 1. The summed E-state index contributed by atoms with van der Waals surface area (Å²) in [6.45, 7) is 2.80. The SMILES string of the molecule is CC[C@@H](N)C(=O)N(C)CCOc1cccc(Cl)c1. The summed E-state index contributed by atoms with van der Waals surface area (Å²) >= 11 is 5.84. The predicted molar refractivity (Wildman–Crippen MR) is 72.9 cm³/mol. The molecule has 18 heavy (non-hydrogen) atoms. The van der Waals surface area contributed by atoms with Crippen LogP contribution in [0.2, 0.25) is 5.02 Å². The highest BCUT2D eigenvalue weighted by Gasteiger charge is 2.15. The molecule has 0 heterocycles. The van der Waals surface area contributed by atoms with E-state index in [0.29, 0.717) is 30.3 Å². The number of carbonyl (C=O) groups excluding carboxylic acids is 1. The Balaban J connectivity index is 2.35. The average molecular weight is 271 g/mol. The second-order valence-corrected chi connectivity index (χ2v) is 4.52. The number of hydrogen-bond donors (Lipinski definition) is 1. The summed E-state index contributed by atoms with van der Waals surface area (Å²) in [6.07, 6.45) is 0.637. The van der Waals surface area contributed by atoms with E-state index in [1.807, 2.05) is 19.1 Å². The molecule has 5 heteroatoms. The Morgan fingerprint density at radius 3 is 2.89 bits per heavy atom. The maximum Gasteiger partial charge on any atom is 0.239 e. The van der Waals surface area contributed by atoms with Gasteiger partial charge in [-0.25, -0.2) is 0 Å². The Kier molecular flexibility index (Phi) is 5.95. The van der Waals surface area contributed by atoms with Crippen molar-refractivity contribution in [3.05, 3.63) is 29.3 Å². The zero-order valence-electron chi connectivity index (χ0n) is 10.7. The highest BCUT2D eigenvalue weighted by Crippen LogP contribution is 2.16. The molecule has 0 bridgehead atoms. The number of nitrogens with zero attached hydrogens (tertiary/aromatic N) is 1. The molecule has 1 rings (SSSR count). The van der Waals surface area contributed by atoms with Crippen LogP contribution in [-0.2, 0) is 4.79 Å². The van der Waals surface area contributed by atoms with E-state index in [1.165, 1.54) is 0 Å². The van der Waals surface area contributed by atoms with Gasteiger partial charge in [-0.2, -0.15) is 0 Å². The van der Waals surface area contributed by atoms with Crippen molar-refractivity contribution in [3.8, 4) is 5.75 Å². The molecule has 0 radical (unpaired) electrons. The minimum absolute atomic E-state index is 0.0628. The predicted octanol–water partition coefficient (Wildman–Crippen LogP) is 1.91. The largest absolute Gasteiger partial charge is 0.492 e. The third-order valence-corrected chi connectivity index (χ3v) is 2.86. The topological polar surface area (TPSA) is 55.6 Å². The Morgan fingerprint density at radius 1 is 1.56 bits per heavy atom. The van der Waals surface area contributed by atoms with Gasteiger partial charge in [-0.15, -0.1) is 0 Å². The first-order valence-electron chi connectivity index (χ1n) is 5.93. The third kappa shape index (κ3) is 4.55. The van der Waals surface area contributed by atoms with E-state index in [4.69, 9.17) is 22.1 Å². The van der Waals surface area contributed by atoms with Crippen LogP contribution in [0.3, 0.4) is 0 Å². The van der Waals surface area contributed by atoms with Crippen LogP contribution in [0.25, 0.3) is 0 Å². The van der Waals surface area contributed by atoms with Crippen molar-refractivity contribution >= 4 is 17.5 Å². The van der Waals surface area contributed by atoms with Gasteiger partial charge in [0.05, 0.1) is 12.6 Å². The molecule has 1 amide bonds. The molecule has 1 atom stereocenters. The standard InChI is InChI=1S/C13H19ClN2O2/c1-3-12(15)13(17)16(2)7-8-18-11-6-4-5-10(14)9-11/h4-6,9,12H,3,7-8,15H2,1-2H3/t12-/m1/s1. The van der Waals surface area contributed by atoms with Gasteiger partial charge in [-0.05, 0) is 24.6 Å². The molecular formula is C13H19ClN2O2. The smallest absolute Gasteiger partial charge is 0.239 e. The molecule has 0 aliphatic rings. The number of halogens is 1. The molecular weight excluding hydrogens is 252 g/mol. The van der Waals surface area contributed by atoms with Gasteiger partial charge in [0.25, 0.3) is 0 Å². The lowest BCUT2D eigenvalue weighted by Crippen LogP contribution is -2.42. The normalized spacial score (nSPS) is 12.0. The van der Waals surface area contributed by atoms with Crippen LogP contribution in [0.15, 0.2) is 24.3 Å². The van der Waals surface area contributed by atoms with Crippen LogP contribution in [0.1, 0.15) is 13.3 Å². The van der Waals surface area contributed by atoms with Crippen molar-refractivity contribution in [3.63, 3.8) is 0 Å². The van der Waals surface area contributed by atoms with E-state index >= 15 is 0 Å². The molecule has 0 fully saturated rings. The van der Waals surface area contributed by atoms with Crippen molar-refractivity contribution in [2.75, 3.05) is 20.2 Å². The summed E-state index contributed by atoms with van der Waals surface area (Å²) in [6, 6.07) is 6.73. The lowest BCUT2D eigenvalue weighted by molar-refractivity contribution is -0.131. The molecule has 0 unspecified atom stereocenters. The highest BCUT2D eigenvalue weighted by atomic mass is 35.5. The second kappa shape index (κ2) is 7.24. The number of amides is 1. The molecule has 100 valence electrons. The highest BCUT2D eigenvalue weighted by molar-refractivity contribution is 6.30. The third-order valence-electron chi connectivity index (χ3n) is 2.62. The quantitative estimate of drug-likeness (QED) is 0.859. The van der Waals surface area contributed by atoms with Crippen LogP contribution in [0.5, 0.6) is 5.75 Å². The van der Waals surface area contributed by atoms with E-state index in [0.717, 1.165) is 0 Å².